The van der Waals surface area contributed by atoms with Gasteiger partial charge in [-0.3, -0.25) is 9.48 Å². The van der Waals surface area contributed by atoms with Crippen molar-refractivity contribution in [2.75, 3.05) is 5.32 Å². The maximum atomic E-state index is 13.1. The number of halogens is 1. The molecule has 2 rings (SSSR count). The molecule has 2 N–H and O–H groups in total. The van der Waals surface area contributed by atoms with Crippen LogP contribution in [0.2, 0.25) is 0 Å². The van der Waals surface area contributed by atoms with Crippen LogP contribution in [-0.4, -0.2) is 20.8 Å². The lowest BCUT2D eigenvalue weighted by Crippen LogP contribution is -2.12. The van der Waals surface area contributed by atoms with Crippen molar-refractivity contribution in [1.29, 1.82) is 0 Å². The number of carbonyl (C=O) groups excluding carboxylic acids is 1. The molecule has 0 aliphatic rings. The topological polar surface area (TPSA) is 67.2 Å². The van der Waals surface area contributed by atoms with Gasteiger partial charge in [0.2, 0.25) is 0 Å². The van der Waals surface area contributed by atoms with Crippen molar-refractivity contribution in [1.82, 2.24) is 9.78 Å². The highest BCUT2D eigenvalue weighted by Gasteiger charge is 2.13. The van der Waals surface area contributed by atoms with Gasteiger partial charge in [0.25, 0.3) is 5.91 Å². The number of aryl methyl sites for hydroxylation is 2. The summed E-state index contributed by atoms with van der Waals surface area (Å²) >= 11 is 0. The van der Waals surface area contributed by atoms with Crippen molar-refractivity contribution < 1.29 is 14.3 Å². The van der Waals surface area contributed by atoms with E-state index in [1.54, 1.807) is 20.2 Å². The molecule has 2 aromatic rings. The number of nitrogens with one attached hydrogen (secondary N) is 1. The predicted molar refractivity (Wildman–Crippen MR) is 64.0 cm³/mol. The largest absolute Gasteiger partial charge is 0.505 e. The van der Waals surface area contributed by atoms with Crippen LogP contribution in [0.3, 0.4) is 0 Å². The fourth-order valence-electron chi connectivity index (χ4n) is 1.61. The number of anilines is 1. The number of aromatic nitrogens is 2. The van der Waals surface area contributed by atoms with Gasteiger partial charge in [-0.05, 0) is 19.1 Å². The first-order valence-electron chi connectivity index (χ1n) is 5.27. The third-order valence-electron chi connectivity index (χ3n) is 2.46. The number of carbonyl (C=O) groups is 1. The van der Waals surface area contributed by atoms with Crippen LogP contribution in [0, 0.1) is 12.7 Å². The van der Waals surface area contributed by atoms with Crippen LogP contribution in [0.5, 0.6) is 5.75 Å². The highest BCUT2D eigenvalue weighted by molar-refractivity contribution is 6.04. The normalized spacial score (nSPS) is 10.4. The van der Waals surface area contributed by atoms with Crippen LogP contribution in [0.1, 0.15) is 16.1 Å². The molecule has 0 saturated carbocycles. The molecule has 0 aliphatic carbocycles. The minimum atomic E-state index is -0.782. The average Bonchev–Trinajstić information content (AvgIpc) is 2.63. The summed E-state index contributed by atoms with van der Waals surface area (Å²) in [6.07, 6.45) is 1.58. The summed E-state index contributed by atoms with van der Waals surface area (Å²) in [4.78, 5) is 11.9. The summed E-state index contributed by atoms with van der Waals surface area (Å²) in [6, 6.07) is 3.65. The van der Waals surface area contributed by atoms with Gasteiger partial charge in [-0.15, -0.1) is 0 Å². The van der Waals surface area contributed by atoms with E-state index in [0.717, 1.165) is 6.07 Å². The monoisotopic (exact) mass is 249 g/mol. The van der Waals surface area contributed by atoms with Crippen LogP contribution < -0.4 is 5.32 Å². The highest BCUT2D eigenvalue weighted by atomic mass is 19.1. The molecule has 0 spiro atoms. The Morgan fingerprint density at radius 3 is 2.78 bits per heavy atom. The van der Waals surface area contributed by atoms with Crippen LogP contribution in [-0.2, 0) is 7.05 Å². The van der Waals surface area contributed by atoms with Crippen LogP contribution in [0.25, 0.3) is 0 Å². The van der Waals surface area contributed by atoms with E-state index in [9.17, 15) is 9.18 Å². The molecule has 0 atom stereocenters. The molecule has 18 heavy (non-hydrogen) atoms. The number of phenols is 1. The van der Waals surface area contributed by atoms with Gasteiger partial charge in [-0.1, -0.05) is 0 Å². The molecule has 5 nitrogen and oxygen atoms in total. The zero-order chi connectivity index (χ0) is 13.3. The van der Waals surface area contributed by atoms with Crippen LogP contribution in [0.15, 0.2) is 24.4 Å². The molecule has 0 unspecified atom stereocenters. The molecule has 6 heteroatoms. The van der Waals surface area contributed by atoms with Crippen molar-refractivity contribution in [2.45, 2.75) is 6.92 Å². The van der Waals surface area contributed by atoms with E-state index < -0.39 is 11.6 Å². The van der Waals surface area contributed by atoms with Gasteiger partial charge in [0, 0.05) is 25.0 Å². The Morgan fingerprint density at radius 2 is 2.22 bits per heavy atom. The molecule has 1 aromatic heterocycles. The lowest BCUT2D eigenvalue weighted by molar-refractivity contribution is 0.102. The van der Waals surface area contributed by atoms with E-state index in [1.807, 2.05) is 0 Å². The Labute approximate surface area is 103 Å². The third-order valence-corrected chi connectivity index (χ3v) is 2.46. The van der Waals surface area contributed by atoms with E-state index in [2.05, 4.69) is 10.4 Å². The Bertz CT molecular complexity index is 607. The minimum absolute atomic E-state index is 0.276. The van der Waals surface area contributed by atoms with E-state index in [-0.39, 0.29) is 11.6 Å². The van der Waals surface area contributed by atoms with Crippen molar-refractivity contribution in [2.24, 2.45) is 7.05 Å². The first kappa shape index (κ1) is 12.1. The number of nitrogens with zero attached hydrogens (tertiary/aromatic N) is 2. The van der Waals surface area contributed by atoms with Crippen molar-refractivity contribution in [3.63, 3.8) is 0 Å². The van der Waals surface area contributed by atoms with Crippen LogP contribution >= 0.6 is 0 Å². The predicted octanol–water partition coefficient (Wildman–Crippen LogP) is 1.83. The Balaban J connectivity index is 2.21. The zero-order valence-electron chi connectivity index (χ0n) is 9.94. The summed E-state index contributed by atoms with van der Waals surface area (Å²) in [5, 5.41) is 15.6. The molecule has 0 saturated heterocycles. The van der Waals surface area contributed by atoms with Gasteiger partial charge < -0.3 is 10.4 Å². The van der Waals surface area contributed by atoms with Crippen LogP contribution in [0.4, 0.5) is 10.1 Å². The summed E-state index contributed by atoms with van der Waals surface area (Å²) in [5.74, 6) is -1.60. The number of hydrogen-bond acceptors (Lipinski definition) is 3. The summed E-state index contributed by atoms with van der Waals surface area (Å²) in [5.41, 5.74) is 1.29. The maximum absolute atomic E-state index is 13.1. The number of benzene rings is 1. The first-order chi connectivity index (χ1) is 8.47. The molecule has 1 aromatic carbocycles. The molecule has 94 valence electrons. The number of aromatic hydroxyl groups is 1. The molecule has 1 amide bonds. The Morgan fingerprint density at radius 1 is 1.50 bits per heavy atom. The summed E-state index contributed by atoms with van der Waals surface area (Å²) in [7, 11) is 1.71. The Kier molecular flexibility index (Phi) is 3.01. The van der Waals surface area contributed by atoms with Gasteiger partial charge in [-0.25, -0.2) is 4.39 Å². The molecule has 0 bridgehead atoms. The van der Waals surface area contributed by atoms with E-state index in [0.29, 0.717) is 11.3 Å². The van der Waals surface area contributed by atoms with E-state index in [1.165, 1.54) is 16.8 Å². The second kappa shape index (κ2) is 4.48. The fraction of sp³-hybridized carbons (Fsp3) is 0.167. The average molecular weight is 249 g/mol. The lowest BCUT2D eigenvalue weighted by atomic mass is 10.2. The molecule has 0 aliphatic heterocycles. The third kappa shape index (κ3) is 2.32. The second-order valence-corrected chi connectivity index (χ2v) is 3.92. The molecule has 0 radical (unpaired) electrons. The van der Waals surface area contributed by atoms with Gasteiger partial charge in [0.1, 0.15) is 0 Å². The SMILES string of the molecule is Cc1nn(C)cc1C(=O)Nc1ccc(O)c(F)c1. The van der Waals surface area contributed by atoms with E-state index in [4.69, 9.17) is 5.11 Å². The van der Waals surface area contributed by atoms with Gasteiger partial charge in [0.05, 0.1) is 11.3 Å². The molecule has 0 fully saturated rings. The van der Waals surface area contributed by atoms with Gasteiger partial charge in [-0.2, -0.15) is 5.10 Å². The van der Waals surface area contributed by atoms with Crippen molar-refractivity contribution >= 4 is 11.6 Å². The first-order valence-corrected chi connectivity index (χ1v) is 5.27. The number of rotatable bonds is 2. The Hall–Kier alpha value is -2.37. The maximum Gasteiger partial charge on any atom is 0.259 e. The molecular weight excluding hydrogens is 237 g/mol. The lowest BCUT2D eigenvalue weighted by Gasteiger charge is -2.04. The number of hydrogen-bond donors (Lipinski definition) is 2. The van der Waals surface area contributed by atoms with Gasteiger partial charge in [0.15, 0.2) is 11.6 Å². The highest BCUT2D eigenvalue weighted by Crippen LogP contribution is 2.20. The summed E-state index contributed by atoms with van der Waals surface area (Å²) in [6.45, 7) is 1.71. The minimum Gasteiger partial charge on any atom is -0.505 e. The quantitative estimate of drug-likeness (QED) is 0.798. The fourth-order valence-corrected chi connectivity index (χ4v) is 1.61. The van der Waals surface area contributed by atoms with E-state index >= 15 is 0 Å². The number of amides is 1. The van der Waals surface area contributed by atoms with Crippen molar-refractivity contribution in [3.05, 3.63) is 41.5 Å². The summed E-state index contributed by atoms with van der Waals surface area (Å²) < 4.78 is 14.6. The molecule has 1 heterocycles. The smallest absolute Gasteiger partial charge is 0.259 e. The van der Waals surface area contributed by atoms with Gasteiger partial charge >= 0.3 is 0 Å². The molecular formula is C12H12FN3O2. The van der Waals surface area contributed by atoms with Crippen molar-refractivity contribution in [3.8, 4) is 5.75 Å². The second-order valence-electron chi connectivity index (χ2n) is 3.92. The zero-order valence-corrected chi connectivity index (χ0v) is 9.94. The standard InChI is InChI=1S/C12H12FN3O2/c1-7-9(6-16(2)15-7)12(18)14-8-3-4-11(17)10(13)5-8/h3-6,17H,1-2H3,(H,14,18). The number of phenolic OH excluding ortho intramolecular Hbond substituents is 1.